The normalized spacial score (nSPS) is 10.8. The van der Waals surface area contributed by atoms with Crippen molar-refractivity contribution in [1.29, 1.82) is 0 Å². The molecule has 0 saturated heterocycles. The first-order valence-electron chi connectivity index (χ1n) is 5.11. The number of hydrogen-bond acceptors (Lipinski definition) is 2. The van der Waals surface area contributed by atoms with Crippen LogP contribution in [0, 0.1) is 5.82 Å². The maximum atomic E-state index is 13.8. The van der Waals surface area contributed by atoms with Gasteiger partial charge in [-0.05, 0) is 19.1 Å². The van der Waals surface area contributed by atoms with Crippen LogP contribution in [0.2, 0.25) is 5.02 Å². The highest BCUT2D eigenvalue weighted by atomic mass is 79.9. The largest absolute Gasteiger partial charge is 0.310 e. The number of alkyl halides is 1. The van der Waals surface area contributed by atoms with Gasteiger partial charge in [0.05, 0.1) is 15.9 Å². The summed E-state index contributed by atoms with van der Waals surface area (Å²) in [7, 11) is 0. The SMILES string of the molecule is CCn1c(CBr)nnc1-c1c(F)cccc1Cl. The summed E-state index contributed by atoms with van der Waals surface area (Å²) in [5.41, 5.74) is 0.302. The van der Waals surface area contributed by atoms with E-state index < -0.39 is 0 Å². The molecule has 0 aliphatic rings. The molecule has 0 spiro atoms. The van der Waals surface area contributed by atoms with Gasteiger partial charge in [0.15, 0.2) is 5.82 Å². The van der Waals surface area contributed by atoms with E-state index in [1.807, 2.05) is 11.5 Å². The number of halogens is 3. The maximum Gasteiger partial charge on any atom is 0.168 e. The molecule has 1 aromatic carbocycles. The van der Waals surface area contributed by atoms with Gasteiger partial charge < -0.3 is 4.57 Å². The quantitative estimate of drug-likeness (QED) is 0.809. The van der Waals surface area contributed by atoms with Crippen LogP contribution in [0.3, 0.4) is 0 Å². The number of benzene rings is 1. The number of rotatable bonds is 3. The predicted octanol–water partition coefficient (Wildman–Crippen LogP) is 3.65. The van der Waals surface area contributed by atoms with Crippen LogP contribution in [0.15, 0.2) is 18.2 Å². The monoisotopic (exact) mass is 317 g/mol. The minimum Gasteiger partial charge on any atom is -0.310 e. The van der Waals surface area contributed by atoms with Crippen LogP contribution in [0.25, 0.3) is 11.4 Å². The Morgan fingerprint density at radius 1 is 1.41 bits per heavy atom. The topological polar surface area (TPSA) is 30.7 Å². The molecule has 0 amide bonds. The lowest BCUT2D eigenvalue weighted by molar-refractivity contribution is 0.626. The third-order valence-electron chi connectivity index (χ3n) is 2.45. The van der Waals surface area contributed by atoms with E-state index in [9.17, 15) is 4.39 Å². The second-order valence-corrected chi connectivity index (χ2v) is 4.38. The highest BCUT2D eigenvalue weighted by molar-refractivity contribution is 9.08. The summed E-state index contributed by atoms with van der Waals surface area (Å²) in [5.74, 6) is 0.826. The molecule has 0 bridgehead atoms. The van der Waals surface area contributed by atoms with Crippen LogP contribution in [0.1, 0.15) is 12.7 Å². The Hall–Kier alpha value is -0.940. The van der Waals surface area contributed by atoms with Crippen LogP contribution in [-0.4, -0.2) is 14.8 Å². The van der Waals surface area contributed by atoms with E-state index in [1.54, 1.807) is 12.1 Å². The van der Waals surface area contributed by atoms with Crippen molar-refractivity contribution in [3.63, 3.8) is 0 Å². The van der Waals surface area contributed by atoms with Crippen molar-refractivity contribution in [3.8, 4) is 11.4 Å². The smallest absolute Gasteiger partial charge is 0.168 e. The number of nitrogens with zero attached hydrogens (tertiary/aromatic N) is 3. The van der Waals surface area contributed by atoms with Gasteiger partial charge in [0.2, 0.25) is 0 Å². The molecular formula is C11H10BrClFN3. The number of hydrogen-bond donors (Lipinski definition) is 0. The zero-order valence-electron chi connectivity index (χ0n) is 9.12. The van der Waals surface area contributed by atoms with E-state index in [0.29, 0.717) is 28.3 Å². The van der Waals surface area contributed by atoms with Gasteiger partial charge in [-0.2, -0.15) is 0 Å². The van der Waals surface area contributed by atoms with E-state index in [2.05, 4.69) is 26.1 Å². The van der Waals surface area contributed by atoms with Crippen molar-refractivity contribution in [3.05, 3.63) is 34.9 Å². The van der Waals surface area contributed by atoms with Gasteiger partial charge in [0.1, 0.15) is 11.6 Å². The lowest BCUT2D eigenvalue weighted by atomic mass is 10.2. The fraction of sp³-hybridized carbons (Fsp3) is 0.273. The van der Waals surface area contributed by atoms with Crippen molar-refractivity contribution in [2.45, 2.75) is 18.8 Å². The first kappa shape index (κ1) is 12.5. The second-order valence-electron chi connectivity index (χ2n) is 3.41. The van der Waals surface area contributed by atoms with Crippen LogP contribution < -0.4 is 0 Å². The highest BCUT2D eigenvalue weighted by Gasteiger charge is 2.17. The van der Waals surface area contributed by atoms with Gasteiger partial charge in [-0.25, -0.2) is 4.39 Å². The molecule has 3 nitrogen and oxygen atoms in total. The third kappa shape index (κ3) is 2.21. The summed E-state index contributed by atoms with van der Waals surface area (Å²) in [4.78, 5) is 0. The van der Waals surface area contributed by atoms with Crippen LogP contribution >= 0.6 is 27.5 Å². The third-order valence-corrected chi connectivity index (χ3v) is 3.27. The molecule has 0 N–H and O–H groups in total. The van der Waals surface area contributed by atoms with Crippen LogP contribution in [0.4, 0.5) is 4.39 Å². The Kier molecular flexibility index (Phi) is 3.79. The average Bonchev–Trinajstić information content (AvgIpc) is 2.71. The van der Waals surface area contributed by atoms with Gasteiger partial charge in [-0.15, -0.1) is 10.2 Å². The zero-order valence-corrected chi connectivity index (χ0v) is 11.5. The summed E-state index contributed by atoms with van der Waals surface area (Å²) >= 11 is 9.33. The lowest BCUT2D eigenvalue weighted by Crippen LogP contribution is -2.03. The van der Waals surface area contributed by atoms with Gasteiger partial charge in [-0.3, -0.25) is 0 Å². The summed E-state index contributed by atoms with van der Waals surface area (Å²) in [6.45, 7) is 2.61. The Bertz CT molecular complexity index is 521. The Morgan fingerprint density at radius 2 is 2.18 bits per heavy atom. The van der Waals surface area contributed by atoms with E-state index in [0.717, 1.165) is 5.82 Å². The Labute approximate surface area is 112 Å². The maximum absolute atomic E-state index is 13.8. The molecule has 0 radical (unpaired) electrons. The van der Waals surface area contributed by atoms with Crippen molar-refractivity contribution in [2.75, 3.05) is 0 Å². The summed E-state index contributed by atoms with van der Waals surface area (Å²) in [6, 6.07) is 4.57. The molecule has 0 aliphatic heterocycles. The Morgan fingerprint density at radius 3 is 2.76 bits per heavy atom. The molecule has 1 heterocycles. The first-order chi connectivity index (χ1) is 8.19. The van der Waals surface area contributed by atoms with E-state index in [-0.39, 0.29) is 5.82 Å². The van der Waals surface area contributed by atoms with Gasteiger partial charge in [0, 0.05) is 6.54 Å². The first-order valence-corrected chi connectivity index (χ1v) is 6.61. The molecule has 6 heteroatoms. The lowest BCUT2D eigenvalue weighted by Gasteiger charge is -2.08. The fourth-order valence-corrected chi connectivity index (χ4v) is 2.33. The molecule has 0 fully saturated rings. The minimum absolute atomic E-state index is 0.302. The molecule has 90 valence electrons. The van der Waals surface area contributed by atoms with Gasteiger partial charge >= 0.3 is 0 Å². The van der Waals surface area contributed by atoms with Gasteiger partial charge in [-0.1, -0.05) is 33.6 Å². The van der Waals surface area contributed by atoms with Crippen molar-refractivity contribution in [1.82, 2.24) is 14.8 Å². The molecule has 17 heavy (non-hydrogen) atoms. The van der Waals surface area contributed by atoms with Crippen molar-refractivity contribution in [2.24, 2.45) is 0 Å². The number of aromatic nitrogens is 3. The summed E-state index contributed by atoms with van der Waals surface area (Å²) < 4.78 is 15.6. The van der Waals surface area contributed by atoms with Crippen molar-refractivity contribution >= 4 is 27.5 Å². The molecule has 0 saturated carbocycles. The molecule has 1 aromatic heterocycles. The molecule has 0 aliphatic carbocycles. The van der Waals surface area contributed by atoms with E-state index in [1.165, 1.54) is 6.07 Å². The highest BCUT2D eigenvalue weighted by Crippen LogP contribution is 2.29. The summed E-state index contributed by atoms with van der Waals surface area (Å²) in [5, 5.41) is 8.92. The standard InChI is InChI=1S/C11H10BrClFN3/c1-2-17-9(6-12)15-16-11(17)10-7(13)4-3-5-8(10)14/h3-5H,2,6H2,1H3. The molecule has 0 atom stereocenters. The zero-order chi connectivity index (χ0) is 12.4. The second kappa shape index (κ2) is 5.14. The molecule has 0 unspecified atom stereocenters. The van der Waals surface area contributed by atoms with Crippen molar-refractivity contribution < 1.29 is 4.39 Å². The minimum atomic E-state index is -0.388. The predicted molar refractivity (Wildman–Crippen MR) is 68.7 cm³/mol. The van der Waals surface area contributed by atoms with Crippen LogP contribution in [-0.2, 0) is 11.9 Å². The molecule has 2 aromatic rings. The van der Waals surface area contributed by atoms with E-state index >= 15 is 0 Å². The average molecular weight is 319 g/mol. The molecular weight excluding hydrogens is 308 g/mol. The summed E-state index contributed by atoms with van der Waals surface area (Å²) in [6.07, 6.45) is 0. The van der Waals surface area contributed by atoms with Gasteiger partial charge in [0.25, 0.3) is 0 Å². The van der Waals surface area contributed by atoms with E-state index in [4.69, 9.17) is 11.6 Å². The van der Waals surface area contributed by atoms with Crippen LogP contribution in [0.5, 0.6) is 0 Å². The Balaban J connectivity index is 2.64. The molecule has 2 rings (SSSR count). The fourth-order valence-electron chi connectivity index (χ4n) is 1.66.